The van der Waals surface area contributed by atoms with Crippen molar-refractivity contribution < 1.29 is 9.18 Å². The van der Waals surface area contributed by atoms with Gasteiger partial charge in [0.15, 0.2) is 0 Å². The molecule has 0 bridgehead atoms. The maximum Gasteiger partial charge on any atom is 0.253 e. The summed E-state index contributed by atoms with van der Waals surface area (Å²) in [5.74, 6) is -0.774. The summed E-state index contributed by atoms with van der Waals surface area (Å²) in [5.41, 5.74) is 0.352. The van der Waals surface area contributed by atoms with Crippen molar-refractivity contribution in [3.63, 3.8) is 0 Å². The van der Waals surface area contributed by atoms with Crippen LogP contribution in [0.3, 0.4) is 0 Å². The molecule has 1 aromatic rings. The van der Waals surface area contributed by atoms with Crippen molar-refractivity contribution in [1.82, 2.24) is 14.8 Å². The summed E-state index contributed by atoms with van der Waals surface area (Å²) in [6.07, 6.45) is 3.60. The SMILES string of the molecule is CN(CC1CCCN1C)C(=O)c1ccnc(F)c1. The maximum atomic E-state index is 13.0. The summed E-state index contributed by atoms with van der Waals surface area (Å²) >= 11 is 0. The molecule has 0 N–H and O–H groups in total. The van der Waals surface area contributed by atoms with Gasteiger partial charge in [0, 0.05) is 37.5 Å². The molecule has 0 saturated carbocycles. The molecule has 1 saturated heterocycles. The van der Waals surface area contributed by atoms with Gasteiger partial charge in [-0.15, -0.1) is 0 Å². The van der Waals surface area contributed by atoms with Crippen LogP contribution >= 0.6 is 0 Å². The van der Waals surface area contributed by atoms with Crippen molar-refractivity contribution in [2.75, 3.05) is 27.2 Å². The van der Waals surface area contributed by atoms with E-state index in [1.165, 1.54) is 18.7 Å². The highest BCUT2D eigenvalue weighted by Crippen LogP contribution is 2.16. The zero-order chi connectivity index (χ0) is 13.1. The number of carbonyl (C=O) groups excluding carboxylic acids is 1. The molecule has 0 spiro atoms. The Bertz CT molecular complexity index is 438. The number of halogens is 1. The van der Waals surface area contributed by atoms with Crippen LogP contribution in [0.5, 0.6) is 0 Å². The molecule has 1 aliphatic heterocycles. The minimum Gasteiger partial charge on any atom is -0.340 e. The molecule has 4 nitrogen and oxygen atoms in total. The highest BCUT2D eigenvalue weighted by molar-refractivity contribution is 5.93. The fourth-order valence-electron chi connectivity index (χ4n) is 2.36. The maximum absolute atomic E-state index is 13.0. The number of likely N-dealkylation sites (N-methyl/N-ethyl adjacent to an activating group) is 2. The lowest BCUT2D eigenvalue weighted by atomic mass is 10.2. The third-order valence-electron chi connectivity index (χ3n) is 3.48. The zero-order valence-electron chi connectivity index (χ0n) is 10.8. The van der Waals surface area contributed by atoms with E-state index in [0.717, 1.165) is 13.0 Å². The van der Waals surface area contributed by atoms with Gasteiger partial charge in [-0.05, 0) is 32.5 Å². The van der Waals surface area contributed by atoms with Gasteiger partial charge in [0.05, 0.1) is 0 Å². The second-order valence-corrected chi connectivity index (χ2v) is 4.83. The average molecular weight is 251 g/mol. The molecule has 1 fully saturated rings. The van der Waals surface area contributed by atoms with Gasteiger partial charge >= 0.3 is 0 Å². The zero-order valence-corrected chi connectivity index (χ0v) is 10.8. The molecule has 0 radical (unpaired) electrons. The first kappa shape index (κ1) is 13.0. The lowest BCUT2D eigenvalue weighted by Crippen LogP contribution is -2.39. The molecule has 5 heteroatoms. The molecule has 1 aliphatic rings. The number of nitrogens with zero attached hydrogens (tertiary/aromatic N) is 3. The number of carbonyl (C=O) groups is 1. The van der Waals surface area contributed by atoms with Crippen molar-refractivity contribution in [3.05, 3.63) is 29.8 Å². The Kier molecular flexibility index (Phi) is 3.91. The van der Waals surface area contributed by atoms with Crippen LogP contribution in [-0.4, -0.2) is 53.9 Å². The monoisotopic (exact) mass is 251 g/mol. The number of hydrogen-bond acceptors (Lipinski definition) is 3. The van der Waals surface area contributed by atoms with Crippen LogP contribution in [0.1, 0.15) is 23.2 Å². The normalized spacial score (nSPS) is 20.1. The largest absolute Gasteiger partial charge is 0.340 e. The number of pyridine rings is 1. The average Bonchev–Trinajstić information content (AvgIpc) is 2.74. The second kappa shape index (κ2) is 5.44. The number of likely N-dealkylation sites (tertiary alicyclic amines) is 1. The van der Waals surface area contributed by atoms with E-state index in [0.29, 0.717) is 18.2 Å². The Morgan fingerprint density at radius 3 is 3.06 bits per heavy atom. The lowest BCUT2D eigenvalue weighted by Gasteiger charge is -2.25. The fourth-order valence-corrected chi connectivity index (χ4v) is 2.36. The van der Waals surface area contributed by atoms with Crippen LogP contribution in [0.15, 0.2) is 18.3 Å². The van der Waals surface area contributed by atoms with Crippen LogP contribution in [0.2, 0.25) is 0 Å². The van der Waals surface area contributed by atoms with Crippen LogP contribution < -0.4 is 0 Å². The van der Waals surface area contributed by atoms with Gasteiger partial charge in [0.1, 0.15) is 0 Å². The molecule has 1 atom stereocenters. The molecule has 18 heavy (non-hydrogen) atoms. The molecule has 0 aliphatic carbocycles. The van der Waals surface area contributed by atoms with Crippen molar-refractivity contribution in [2.24, 2.45) is 0 Å². The van der Waals surface area contributed by atoms with E-state index in [1.54, 1.807) is 18.0 Å². The molecule has 2 rings (SSSR count). The topological polar surface area (TPSA) is 36.4 Å². The van der Waals surface area contributed by atoms with Crippen LogP contribution in [0.25, 0.3) is 0 Å². The van der Waals surface area contributed by atoms with Crippen molar-refractivity contribution in [2.45, 2.75) is 18.9 Å². The van der Waals surface area contributed by atoms with E-state index in [4.69, 9.17) is 0 Å². The third kappa shape index (κ3) is 2.85. The lowest BCUT2D eigenvalue weighted by molar-refractivity contribution is 0.0761. The van der Waals surface area contributed by atoms with Crippen LogP contribution in [0.4, 0.5) is 4.39 Å². The van der Waals surface area contributed by atoms with Gasteiger partial charge in [-0.2, -0.15) is 4.39 Å². The first-order chi connectivity index (χ1) is 8.58. The molecular formula is C13H18FN3O. The van der Waals surface area contributed by atoms with Gasteiger partial charge in [-0.3, -0.25) is 4.79 Å². The molecule has 1 amide bonds. The molecule has 1 unspecified atom stereocenters. The Balaban J connectivity index is 2.00. The first-order valence-electron chi connectivity index (χ1n) is 6.15. The summed E-state index contributed by atoms with van der Waals surface area (Å²) in [4.78, 5) is 19.5. The van der Waals surface area contributed by atoms with Crippen LogP contribution in [0, 0.1) is 5.95 Å². The van der Waals surface area contributed by atoms with Crippen molar-refractivity contribution >= 4 is 5.91 Å². The number of rotatable bonds is 3. The van der Waals surface area contributed by atoms with Gasteiger partial charge < -0.3 is 9.80 Å². The fraction of sp³-hybridized carbons (Fsp3) is 0.538. The molecule has 0 aromatic carbocycles. The predicted molar refractivity (Wildman–Crippen MR) is 66.8 cm³/mol. The third-order valence-corrected chi connectivity index (χ3v) is 3.48. The second-order valence-electron chi connectivity index (χ2n) is 4.83. The quantitative estimate of drug-likeness (QED) is 0.762. The first-order valence-corrected chi connectivity index (χ1v) is 6.15. The molecule has 98 valence electrons. The number of aromatic nitrogens is 1. The van der Waals surface area contributed by atoms with Gasteiger partial charge in [0.2, 0.25) is 5.95 Å². The number of hydrogen-bond donors (Lipinski definition) is 0. The van der Waals surface area contributed by atoms with E-state index in [9.17, 15) is 9.18 Å². The van der Waals surface area contributed by atoms with Gasteiger partial charge in [0.25, 0.3) is 5.91 Å². The Labute approximate surface area is 106 Å². The molecular weight excluding hydrogens is 233 g/mol. The minimum atomic E-state index is -0.618. The van der Waals surface area contributed by atoms with Gasteiger partial charge in [-0.1, -0.05) is 0 Å². The Hall–Kier alpha value is -1.49. The summed E-state index contributed by atoms with van der Waals surface area (Å²) in [6, 6.07) is 3.13. The van der Waals surface area contributed by atoms with E-state index in [-0.39, 0.29) is 5.91 Å². The van der Waals surface area contributed by atoms with Gasteiger partial charge in [-0.25, -0.2) is 4.98 Å². The number of amides is 1. The van der Waals surface area contributed by atoms with E-state index in [2.05, 4.69) is 16.9 Å². The molecule has 2 heterocycles. The van der Waals surface area contributed by atoms with Crippen molar-refractivity contribution in [3.8, 4) is 0 Å². The molecule has 1 aromatic heterocycles. The highest BCUT2D eigenvalue weighted by atomic mass is 19.1. The standard InChI is InChI=1S/C13H18FN3O/c1-16-7-3-4-11(16)9-17(2)13(18)10-5-6-15-12(14)8-10/h5-6,8,11H,3-4,7,9H2,1-2H3. The highest BCUT2D eigenvalue weighted by Gasteiger charge is 2.24. The van der Waals surface area contributed by atoms with Crippen molar-refractivity contribution in [1.29, 1.82) is 0 Å². The van der Waals surface area contributed by atoms with E-state index in [1.807, 2.05) is 0 Å². The van der Waals surface area contributed by atoms with E-state index >= 15 is 0 Å². The Morgan fingerprint density at radius 1 is 1.67 bits per heavy atom. The Morgan fingerprint density at radius 2 is 2.44 bits per heavy atom. The van der Waals surface area contributed by atoms with Crippen LogP contribution in [-0.2, 0) is 0 Å². The summed E-state index contributed by atoms with van der Waals surface area (Å²) < 4.78 is 13.0. The predicted octanol–water partition coefficient (Wildman–Crippen LogP) is 1.39. The minimum absolute atomic E-state index is 0.156. The summed E-state index contributed by atoms with van der Waals surface area (Å²) in [5, 5.41) is 0. The summed E-state index contributed by atoms with van der Waals surface area (Å²) in [7, 11) is 3.83. The summed E-state index contributed by atoms with van der Waals surface area (Å²) in [6.45, 7) is 1.76. The smallest absolute Gasteiger partial charge is 0.253 e. The van der Waals surface area contributed by atoms with E-state index < -0.39 is 5.95 Å².